The van der Waals surface area contributed by atoms with Gasteiger partial charge in [-0.15, -0.1) is 0 Å². The molecule has 112 valence electrons. The molecule has 2 bridgehead atoms. The Balaban J connectivity index is 1.85. The summed E-state index contributed by atoms with van der Waals surface area (Å²) in [5, 5.41) is 0. The summed E-state index contributed by atoms with van der Waals surface area (Å²) in [7, 11) is 0. The van der Waals surface area contributed by atoms with Crippen LogP contribution in [-0.2, 0) is 0 Å². The summed E-state index contributed by atoms with van der Waals surface area (Å²) in [5.41, 5.74) is 17.1. The Bertz CT molecular complexity index is 622. The fourth-order valence-corrected chi connectivity index (χ4v) is 4.19. The minimum atomic E-state index is 0.188. The summed E-state index contributed by atoms with van der Waals surface area (Å²) >= 11 is 0. The van der Waals surface area contributed by atoms with Crippen molar-refractivity contribution < 1.29 is 0 Å². The van der Waals surface area contributed by atoms with Gasteiger partial charge in [-0.3, -0.25) is 4.99 Å². The number of nitrogen functional groups attached to an aromatic ring is 1. The smallest absolute Gasteiger partial charge is 0.0619 e. The van der Waals surface area contributed by atoms with E-state index in [1.807, 2.05) is 25.3 Å². The van der Waals surface area contributed by atoms with E-state index in [2.05, 4.69) is 13.5 Å². The lowest BCUT2D eigenvalue weighted by Crippen LogP contribution is -2.41. The van der Waals surface area contributed by atoms with Crippen molar-refractivity contribution in [1.82, 2.24) is 0 Å². The van der Waals surface area contributed by atoms with Gasteiger partial charge < -0.3 is 11.5 Å². The van der Waals surface area contributed by atoms with Gasteiger partial charge >= 0.3 is 0 Å². The number of anilines is 1. The Hall–Kier alpha value is -1.77. The van der Waals surface area contributed by atoms with Crippen molar-refractivity contribution in [3.63, 3.8) is 0 Å². The molecule has 4 rings (SSSR count). The van der Waals surface area contributed by atoms with E-state index in [0.29, 0.717) is 11.1 Å². The first-order chi connectivity index (χ1) is 9.89. The topological polar surface area (TPSA) is 64.4 Å². The largest absolute Gasteiger partial charge is 0.399 e. The molecule has 0 heterocycles. The summed E-state index contributed by atoms with van der Waals surface area (Å²) in [6.45, 7) is 8.13. The molecule has 3 aliphatic rings. The molecule has 1 aromatic rings. The van der Waals surface area contributed by atoms with Crippen LogP contribution >= 0.6 is 0 Å². The lowest BCUT2D eigenvalue weighted by Gasteiger charge is -2.44. The molecular formula is C18H25N3. The molecule has 4 N–H and O–H groups in total. The fraction of sp³-hybridized carbons (Fsp3) is 0.500. The van der Waals surface area contributed by atoms with Gasteiger partial charge in [-0.1, -0.05) is 19.9 Å². The van der Waals surface area contributed by atoms with Crippen molar-refractivity contribution in [3.05, 3.63) is 35.4 Å². The molecule has 3 saturated carbocycles. The number of aryl methyl sites for hydroxylation is 1. The average molecular weight is 283 g/mol. The third-order valence-corrected chi connectivity index (χ3v) is 5.53. The normalized spacial score (nSPS) is 30.6. The van der Waals surface area contributed by atoms with Gasteiger partial charge in [-0.25, -0.2) is 0 Å². The van der Waals surface area contributed by atoms with E-state index in [1.54, 1.807) is 0 Å². The summed E-state index contributed by atoms with van der Waals surface area (Å²) in [6.07, 6.45) is 8.28. The molecule has 0 amide bonds. The molecule has 0 radical (unpaired) electrons. The zero-order chi connectivity index (χ0) is 15.3. The number of hydrogen-bond acceptors (Lipinski definition) is 3. The standard InChI is InChI=1S/C18H25N3/c1-4-17-5-6-18(10-17,11-17)21-9-14-8-15(13(3)19)12(2)7-16(14)20/h7-9H,3-6,10-11,19-20H2,1-2H3. The van der Waals surface area contributed by atoms with Crippen LogP contribution in [0.15, 0.2) is 23.7 Å². The predicted molar refractivity (Wildman–Crippen MR) is 90.3 cm³/mol. The molecule has 0 aromatic heterocycles. The molecule has 0 aliphatic heterocycles. The van der Waals surface area contributed by atoms with E-state index in [1.165, 1.54) is 32.1 Å². The number of hydrogen-bond donors (Lipinski definition) is 2. The lowest BCUT2D eigenvalue weighted by molar-refractivity contribution is 0.113. The summed E-state index contributed by atoms with van der Waals surface area (Å²) in [6, 6.07) is 3.96. The van der Waals surface area contributed by atoms with Gasteiger partial charge in [0.25, 0.3) is 0 Å². The molecule has 3 nitrogen and oxygen atoms in total. The zero-order valence-corrected chi connectivity index (χ0v) is 13.1. The van der Waals surface area contributed by atoms with Gasteiger partial charge in [0.1, 0.15) is 0 Å². The molecular weight excluding hydrogens is 258 g/mol. The summed E-state index contributed by atoms with van der Waals surface area (Å²) in [4.78, 5) is 4.90. The van der Waals surface area contributed by atoms with Crippen molar-refractivity contribution >= 4 is 17.6 Å². The van der Waals surface area contributed by atoms with Crippen LogP contribution in [0.3, 0.4) is 0 Å². The van der Waals surface area contributed by atoms with Crippen LogP contribution < -0.4 is 11.5 Å². The van der Waals surface area contributed by atoms with E-state index >= 15 is 0 Å². The van der Waals surface area contributed by atoms with Crippen LogP contribution in [0, 0.1) is 12.3 Å². The second-order valence-electron chi connectivity index (χ2n) is 7.01. The second kappa shape index (κ2) is 4.62. The molecule has 3 fully saturated rings. The minimum absolute atomic E-state index is 0.188. The van der Waals surface area contributed by atoms with E-state index in [9.17, 15) is 0 Å². The molecule has 0 saturated heterocycles. The Kier molecular flexibility index (Phi) is 3.12. The van der Waals surface area contributed by atoms with E-state index < -0.39 is 0 Å². The third-order valence-electron chi connectivity index (χ3n) is 5.53. The second-order valence-corrected chi connectivity index (χ2v) is 7.01. The molecule has 0 unspecified atom stereocenters. The summed E-state index contributed by atoms with van der Waals surface area (Å²) < 4.78 is 0. The average Bonchev–Trinajstić information content (AvgIpc) is 2.93. The van der Waals surface area contributed by atoms with Crippen molar-refractivity contribution in [2.45, 2.75) is 51.5 Å². The first-order valence-corrected chi connectivity index (χ1v) is 7.79. The number of rotatable bonds is 4. The number of nitrogens with zero attached hydrogens (tertiary/aromatic N) is 1. The van der Waals surface area contributed by atoms with Crippen molar-refractivity contribution in [3.8, 4) is 0 Å². The highest BCUT2D eigenvalue weighted by Gasteiger charge is 2.59. The predicted octanol–water partition coefficient (Wildman–Crippen LogP) is 3.65. The highest BCUT2D eigenvalue weighted by atomic mass is 14.9. The molecule has 21 heavy (non-hydrogen) atoms. The number of fused-ring (bicyclic) bond motifs is 1. The number of nitrogens with two attached hydrogens (primary N) is 2. The molecule has 1 aromatic carbocycles. The monoisotopic (exact) mass is 283 g/mol. The SMILES string of the molecule is C=C(N)c1cc(C=NC23CCC(CC)(C2)C3)c(N)cc1C. The third kappa shape index (κ3) is 2.25. The van der Waals surface area contributed by atoms with Crippen LogP contribution in [0.25, 0.3) is 5.70 Å². The maximum Gasteiger partial charge on any atom is 0.0619 e. The van der Waals surface area contributed by atoms with Crippen molar-refractivity contribution in [2.24, 2.45) is 16.1 Å². The van der Waals surface area contributed by atoms with Crippen LogP contribution in [0.4, 0.5) is 5.69 Å². The Morgan fingerprint density at radius 3 is 2.67 bits per heavy atom. The molecule has 0 spiro atoms. The number of benzene rings is 1. The van der Waals surface area contributed by atoms with Crippen LogP contribution in [-0.4, -0.2) is 11.8 Å². The quantitative estimate of drug-likeness (QED) is 0.654. The maximum absolute atomic E-state index is 6.12. The Morgan fingerprint density at radius 1 is 1.38 bits per heavy atom. The van der Waals surface area contributed by atoms with E-state index in [-0.39, 0.29) is 5.54 Å². The van der Waals surface area contributed by atoms with Gasteiger partial charge in [0, 0.05) is 28.7 Å². The van der Waals surface area contributed by atoms with Crippen LogP contribution in [0.2, 0.25) is 0 Å². The van der Waals surface area contributed by atoms with Crippen molar-refractivity contribution in [2.75, 3.05) is 5.73 Å². The summed E-state index contributed by atoms with van der Waals surface area (Å²) in [5.74, 6) is 0. The van der Waals surface area contributed by atoms with Gasteiger partial charge in [0.2, 0.25) is 0 Å². The van der Waals surface area contributed by atoms with Gasteiger partial charge in [-0.2, -0.15) is 0 Å². The molecule has 3 heteroatoms. The first-order valence-electron chi connectivity index (χ1n) is 7.79. The van der Waals surface area contributed by atoms with E-state index in [4.69, 9.17) is 16.5 Å². The highest BCUT2D eigenvalue weighted by molar-refractivity contribution is 5.89. The van der Waals surface area contributed by atoms with Gasteiger partial charge in [0.05, 0.1) is 5.54 Å². The first kappa shape index (κ1) is 14.2. The van der Waals surface area contributed by atoms with Gasteiger partial charge in [-0.05, 0) is 55.7 Å². The zero-order valence-electron chi connectivity index (χ0n) is 13.1. The lowest BCUT2D eigenvalue weighted by atomic mass is 9.64. The van der Waals surface area contributed by atoms with E-state index in [0.717, 1.165) is 22.4 Å². The molecule has 3 aliphatic carbocycles. The van der Waals surface area contributed by atoms with Crippen molar-refractivity contribution in [1.29, 1.82) is 0 Å². The minimum Gasteiger partial charge on any atom is -0.399 e. The Labute approximate surface area is 127 Å². The molecule has 0 atom stereocenters. The van der Waals surface area contributed by atoms with Crippen LogP contribution in [0.5, 0.6) is 0 Å². The fourth-order valence-electron chi connectivity index (χ4n) is 4.19. The number of aliphatic imine (C=N–C) groups is 1. The van der Waals surface area contributed by atoms with Gasteiger partial charge in [0.15, 0.2) is 0 Å². The van der Waals surface area contributed by atoms with Crippen LogP contribution in [0.1, 0.15) is 55.7 Å². The Morgan fingerprint density at radius 2 is 2.10 bits per heavy atom. The maximum atomic E-state index is 6.12. The highest BCUT2D eigenvalue weighted by Crippen LogP contribution is 2.64.